The highest BCUT2D eigenvalue weighted by molar-refractivity contribution is 6.25. The fourth-order valence-electron chi connectivity index (χ4n) is 6.22. The SMILES string of the molecule is CN(C)C1C(O)=C(C(N)=O)C(=O)C2(O)C(O)=C3C(=O)c4c(O)cccc4/C(=C\c4ccc(C(=O)O)cc4)C3C(O)C12. The fourth-order valence-corrected chi connectivity index (χ4v) is 6.22. The third-order valence-electron chi connectivity index (χ3n) is 8.01. The van der Waals surface area contributed by atoms with E-state index in [4.69, 9.17) is 5.73 Å². The topological polar surface area (TPSA) is 219 Å². The number of carboxylic acid groups (broad SMARTS) is 1. The number of rotatable bonds is 4. The molecule has 5 rings (SSSR count). The minimum Gasteiger partial charge on any atom is -0.510 e. The van der Waals surface area contributed by atoms with E-state index in [9.17, 15) is 49.8 Å². The first-order valence-corrected chi connectivity index (χ1v) is 12.4. The molecule has 5 atom stereocenters. The van der Waals surface area contributed by atoms with E-state index >= 15 is 0 Å². The number of ketones is 2. The first-order chi connectivity index (χ1) is 19.2. The van der Waals surface area contributed by atoms with Crippen LogP contribution in [0.15, 0.2) is 65.1 Å². The zero-order valence-electron chi connectivity index (χ0n) is 21.8. The van der Waals surface area contributed by atoms with Crippen LogP contribution in [0.3, 0.4) is 0 Å². The maximum Gasteiger partial charge on any atom is 0.335 e. The zero-order valence-corrected chi connectivity index (χ0v) is 21.8. The predicted molar refractivity (Wildman–Crippen MR) is 143 cm³/mol. The van der Waals surface area contributed by atoms with E-state index in [2.05, 4.69) is 0 Å². The lowest BCUT2D eigenvalue weighted by molar-refractivity contribution is -0.159. The summed E-state index contributed by atoms with van der Waals surface area (Å²) in [6.45, 7) is 0. The number of aromatic hydroxyl groups is 1. The summed E-state index contributed by atoms with van der Waals surface area (Å²) in [5, 5.41) is 66.0. The van der Waals surface area contributed by atoms with Gasteiger partial charge in [0.15, 0.2) is 11.4 Å². The summed E-state index contributed by atoms with van der Waals surface area (Å²) in [6, 6.07) is 8.42. The Morgan fingerprint density at radius 1 is 1.02 bits per heavy atom. The van der Waals surface area contributed by atoms with Crippen LogP contribution in [-0.2, 0) is 9.59 Å². The number of primary amides is 1. The van der Waals surface area contributed by atoms with Crippen LogP contribution in [0.4, 0.5) is 0 Å². The largest absolute Gasteiger partial charge is 0.510 e. The highest BCUT2D eigenvalue weighted by Crippen LogP contribution is 2.55. The Hall–Kier alpha value is -4.78. The average Bonchev–Trinajstić information content (AvgIpc) is 2.90. The number of hydrogen-bond donors (Lipinski definition) is 7. The van der Waals surface area contributed by atoms with Crippen LogP contribution >= 0.6 is 0 Å². The number of carbonyl (C=O) groups excluding carboxylic acids is 3. The van der Waals surface area contributed by atoms with Crippen molar-refractivity contribution in [2.75, 3.05) is 14.1 Å². The van der Waals surface area contributed by atoms with E-state index in [0.29, 0.717) is 5.56 Å². The quantitative estimate of drug-likeness (QED) is 0.258. The maximum absolute atomic E-state index is 13.8. The molecule has 41 heavy (non-hydrogen) atoms. The summed E-state index contributed by atoms with van der Waals surface area (Å²) in [5.74, 6) is -10.5. The van der Waals surface area contributed by atoms with Gasteiger partial charge in [0.05, 0.1) is 34.8 Å². The van der Waals surface area contributed by atoms with Crippen LogP contribution in [0.25, 0.3) is 11.6 Å². The Labute approximate surface area is 232 Å². The Balaban J connectivity index is 1.84. The van der Waals surface area contributed by atoms with Crippen molar-refractivity contribution >= 4 is 35.1 Å². The molecule has 12 heteroatoms. The van der Waals surface area contributed by atoms with E-state index in [-0.39, 0.29) is 22.3 Å². The van der Waals surface area contributed by atoms with Crippen LogP contribution in [0, 0.1) is 11.8 Å². The third-order valence-corrected chi connectivity index (χ3v) is 8.01. The Bertz CT molecular complexity index is 1640. The van der Waals surface area contributed by atoms with E-state index in [1.807, 2.05) is 0 Å². The van der Waals surface area contributed by atoms with Gasteiger partial charge >= 0.3 is 5.97 Å². The zero-order chi connectivity index (χ0) is 30.1. The number of phenolic OH excluding ortho intramolecular Hbond substituents is 1. The molecule has 12 nitrogen and oxygen atoms in total. The summed E-state index contributed by atoms with van der Waals surface area (Å²) < 4.78 is 0. The molecule has 0 spiro atoms. The van der Waals surface area contributed by atoms with Crippen molar-refractivity contribution in [3.05, 3.63) is 87.4 Å². The van der Waals surface area contributed by atoms with E-state index in [1.165, 1.54) is 67.5 Å². The predicted octanol–water partition coefficient (Wildman–Crippen LogP) is 0.788. The second-order valence-electron chi connectivity index (χ2n) is 10.4. The van der Waals surface area contributed by atoms with Crippen molar-refractivity contribution in [2.45, 2.75) is 17.7 Å². The van der Waals surface area contributed by atoms with Gasteiger partial charge in [-0.2, -0.15) is 0 Å². The number of aliphatic hydroxyl groups excluding tert-OH is 3. The van der Waals surface area contributed by atoms with Gasteiger partial charge in [-0.15, -0.1) is 0 Å². The van der Waals surface area contributed by atoms with Gasteiger partial charge in [0.1, 0.15) is 22.8 Å². The van der Waals surface area contributed by atoms with Crippen LogP contribution in [0.2, 0.25) is 0 Å². The summed E-state index contributed by atoms with van der Waals surface area (Å²) in [4.78, 5) is 52.1. The van der Waals surface area contributed by atoms with Gasteiger partial charge < -0.3 is 36.4 Å². The van der Waals surface area contributed by atoms with Crippen molar-refractivity contribution in [2.24, 2.45) is 17.6 Å². The average molecular weight is 563 g/mol. The van der Waals surface area contributed by atoms with Gasteiger partial charge in [0.25, 0.3) is 5.91 Å². The number of aromatic carboxylic acids is 1. The summed E-state index contributed by atoms with van der Waals surface area (Å²) >= 11 is 0. The number of likely N-dealkylation sites (N-methyl/N-ethyl adjacent to an activating group) is 1. The minimum absolute atomic E-state index is 0.00655. The molecule has 0 heterocycles. The van der Waals surface area contributed by atoms with Gasteiger partial charge in [-0.05, 0) is 49.0 Å². The summed E-state index contributed by atoms with van der Waals surface area (Å²) in [7, 11) is 2.89. The van der Waals surface area contributed by atoms with Crippen molar-refractivity contribution in [3.8, 4) is 5.75 Å². The number of nitrogens with zero attached hydrogens (tertiary/aromatic N) is 1. The molecular formula is C29H26N2O10. The molecule has 5 unspecified atom stereocenters. The number of hydrogen-bond acceptors (Lipinski definition) is 10. The number of benzene rings is 2. The Kier molecular flexibility index (Phi) is 6.37. The standard InChI is InChI=1S/C29H26N2O10/c1-31(2)21-20-23(34)17-14(10-11-6-8-12(9-7-11)28(39)40)13-4-3-5-15(32)16(13)22(33)18(17)25(36)29(20,41)26(37)19(24(21)35)27(30)38/h3-10,17,20-21,23,32,34-36,41H,1-2H3,(H2,30,38)(H,39,40)/b14-10+. The van der Waals surface area contributed by atoms with Crippen LogP contribution in [-0.4, -0.2) is 90.8 Å². The van der Waals surface area contributed by atoms with Gasteiger partial charge in [0.2, 0.25) is 5.78 Å². The van der Waals surface area contributed by atoms with Gasteiger partial charge in [-0.1, -0.05) is 30.3 Å². The Morgan fingerprint density at radius 3 is 2.22 bits per heavy atom. The lowest BCUT2D eigenvalue weighted by Gasteiger charge is -2.52. The van der Waals surface area contributed by atoms with Crippen molar-refractivity contribution in [1.29, 1.82) is 0 Å². The summed E-state index contributed by atoms with van der Waals surface area (Å²) in [5.41, 5.74) is 1.28. The number of amides is 1. The second kappa shape index (κ2) is 9.41. The lowest BCUT2D eigenvalue weighted by Crippen LogP contribution is -2.68. The number of carboxylic acids is 1. The molecule has 0 saturated carbocycles. The number of carbonyl (C=O) groups is 4. The van der Waals surface area contributed by atoms with Gasteiger partial charge in [-0.25, -0.2) is 4.79 Å². The Morgan fingerprint density at radius 2 is 1.66 bits per heavy atom. The fraction of sp³-hybridized carbons (Fsp3) is 0.241. The molecule has 3 aliphatic carbocycles. The van der Waals surface area contributed by atoms with E-state index in [1.54, 1.807) is 0 Å². The maximum atomic E-state index is 13.8. The number of phenols is 1. The minimum atomic E-state index is -3.04. The molecule has 0 fully saturated rings. The smallest absolute Gasteiger partial charge is 0.335 e. The number of nitrogens with two attached hydrogens (primary N) is 1. The van der Waals surface area contributed by atoms with Crippen molar-refractivity contribution in [3.63, 3.8) is 0 Å². The highest BCUT2D eigenvalue weighted by Gasteiger charge is 2.67. The molecule has 3 aliphatic rings. The van der Waals surface area contributed by atoms with Crippen molar-refractivity contribution < 1.29 is 49.8 Å². The first-order valence-electron chi connectivity index (χ1n) is 12.4. The molecule has 8 N–H and O–H groups in total. The number of aliphatic hydroxyl groups is 4. The van der Waals surface area contributed by atoms with E-state index in [0.717, 1.165) is 0 Å². The van der Waals surface area contributed by atoms with Crippen molar-refractivity contribution in [1.82, 2.24) is 4.90 Å². The molecule has 1 amide bonds. The van der Waals surface area contributed by atoms with Gasteiger partial charge in [-0.3, -0.25) is 19.3 Å². The second-order valence-corrected chi connectivity index (χ2v) is 10.4. The molecule has 2 aromatic carbocycles. The molecular weight excluding hydrogens is 536 g/mol. The molecule has 0 bridgehead atoms. The summed E-state index contributed by atoms with van der Waals surface area (Å²) in [6.07, 6.45) is -0.301. The molecule has 212 valence electrons. The monoisotopic (exact) mass is 562 g/mol. The molecule has 0 radical (unpaired) electrons. The molecule has 2 aromatic rings. The molecule has 0 aromatic heterocycles. The number of Topliss-reactive ketones (excluding diaryl/α,β-unsaturated/α-hetero) is 2. The highest BCUT2D eigenvalue weighted by atomic mass is 16.4. The molecule has 0 saturated heterocycles. The molecule has 0 aliphatic heterocycles. The normalized spacial score (nSPS) is 28.5. The van der Waals surface area contributed by atoms with E-state index < -0.39 is 81.4 Å². The first kappa shape index (κ1) is 27.8. The third kappa shape index (κ3) is 3.79. The van der Waals surface area contributed by atoms with Gasteiger partial charge in [0, 0.05) is 5.92 Å². The number of fused-ring (bicyclic) bond motifs is 3. The van der Waals surface area contributed by atoms with Crippen LogP contribution in [0.5, 0.6) is 5.75 Å². The lowest BCUT2D eigenvalue weighted by atomic mass is 9.56. The van der Waals surface area contributed by atoms with Crippen LogP contribution in [0.1, 0.15) is 31.8 Å². The van der Waals surface area contributed by atoms with Crippen LogP contribution < -0.4 is 5.73 Å².